The van der Waals surface area contributed by atoms with Gasteiger partial charge in [-0.3, -0.25) is 4.98 Å². The third-order valence-corrected chi connectivity index (χ3v) is 7.34. The Morgan fingerprint density at radius 3 is 2.04 bits per heavy atom. The molecule has 1 atom stereocenters. The van der Waals surface area contributed by atoms with Crippen molar-refractivity contribution in [2.24, 2.45) is 0 Å². The summed E-state index contributed by atoms with van der Waals surface area (Å²) < 4.78 is 14.0. The third-order valence-electron chi connectivity index (χ3n) is 4.01. The Morgan fingerprint density at radius 2 is 1.54 bits per heavy atom. The first kappa shape index (κ1) is 18.1. The molecule has 0 amide bonds. The van der Waals surface area contributed by atoms with Crippen molar-refractivity contribution >= 4 is 17.8 Å². The van der Waals surface area contributed by atoms with Gasteiger partial charge < -0.3 is 9.67 Å². The number of nitrogens with zero attached hydrogens (tertiary/aromatic N) is 1. The van der Waals surface area contributed by atoms with Crippen LogP contribution in [0.3, 0.4) is 0 Å². The second kappa shape index (κ2) is 7.70. The highest BCUT2D eigenvalue weighted by molar-refractivity contribution is 7.78. The maximum absolute atomic E-state index is 14.0. The standard InChI is InChI=1S/C22H20NO2P/c1-22(24,15-14-19-9-8-16-23-17-19)18-26(25,20-10-4-2-5-11-20)21-12-6-3-7-13-21/h2-13,16-17,24H,18H2,1H3/t22-/m0/s1. The summed E-state index contributed by atoms with van der Waals surface area (Å²) in [5, 5.41) is 12.3. The van der Waals surface area contributed by atoms with Gasteiger partial charge in [0.25, 0.3) is 0 Å². The molecule has 1 heterocycles. The highest BCUT2D eigenvalue weighted by atomic mass is 31.2. The largest absolute Gasteiger partial charge is 0.377 e. The van der Waals surface area contributed by atoms with Crippen LogP contribution in [0, 0.1) is 11.8 Å². The van der Waals surface area contributed by atoms with Gasteiger partial charge in [-0.25, -0.2) is 0 Å². The third kappa shape index (κ3) is 4.29. The Balaban J connectivity index is 1.99. The molecule has 4 heteroatoms. The number of benzene rings is 2. The number of aromatic nitrogens is 1. The molecule has 0 aliphatic rings. The molecule has 0 unspecified atom stereocenters. The van der Waals surface area contributed by atoms with Gasteiger partial charge in [0.1, 0.15) is 12.7 Å². The van der Waals surface area contributed by atoms with Gasteiger partial charge in [-0.05, 0) is 19.1 Å². The molecule has 0 saturated carbocycles. The lowest BCUT2D eigenvalue weighted by Gasteiger charge is -2.26. The highest BCUT2D eigenvalue weighted by Gasteiger charge is 2.35. The van der Waals surface area contributed by atoms with Crippen molar-refractivity contribution in [1.82, 2.24) is 4.98 Å². The zero-order chi connectivity index (χ0) is 18.5. The molecule has 0 fully saturated rings. The first-order chi connectivity index (χ1) is 12.5. The van der Waals surface area contributed by atoms with Crippen molar-refractivity contribution < 1.29 is 9.67 Å². The van der Waals surface area contributed by atoms with Gasteiger partial charge in [0.2, 0.25) is 0 Å². The van der Waals surface area contributed by atoms with Crippen molar-refractivity contribution in [3.63, 3.8) is 0 Å². The van der Waals surface area contributed by atoms with Gasteiger partial charge in [0.05, 0.1) is 0 Å². The van der Waals surface area contributed by atoms with Crippen molar-refractivity contribution in [2.75, 3.05) is 6.16 Å². The summed E-state index contributed by atoms with van der Waals surface area (Å²) in [6, 6.07) is 22.2. The first-order valence-corrected chi connectivity index (χ1v) is 10.2. The molecular weight excluding hydrogens is 341 g/mol. The van der Waals surface area contributed by atoms with Crippen LogP contribution in [-0.4, -0.2) is 21.9 Å². The molecular formula is C22H20NO2P. The molecule has 0 aliphatic carbocycles. The van der Waals surface area contributed by atoms with Gasteiger partial charge in [0.15, 0.2) is 0 Å². The lowest BCUT2D eigenvalue weighted by Crippen LogP contribution is -2.33. The van der Waals surface area contributed by atoms with Crippen molar-refractivity contribution in [3.05, 3.63) is 90.8 Å². The quantitative estimate of drug-likeness (QED) is 0.574. The van der Waals surface area contributed by atoms with Gasteiger partial charge in [0, 0.05) is 34.7 Å². The maximum Gasteiger partial charge on any atom is 0.147 e. The summed E-state index contributed by atoms with van der Waals surface area (Å²) in [4.78, 5) is 4.02. The Hall–Kier alpha value is -2.66. The summed E-state index contributed by atoms with van der Waals surface area (Å²) in [5.74, 6) is 5.79. The van der Waals surface area contributed by atoms with E-state index in [9.17, 15) is 9.67 Å². The van der Waals surface area contributed by atoms with Crippen LogP contribution in [0.1, 0.15) is 12.5 Å². The van der Waals surface area contributed by atoms with E-state index in [0.29, 0.717) is 5.56 Å². The zero-order valence-corrected chi connectivity index (χ0v) is 15.4. The fourth-order valence-electron chi connectivity index (χ4n) is 2.79. The molecule has 130 valence electrons. The van der Waals surface area contributed by atoms with Crippen molar-refractivity contribution in [1.29, 1.82) is 0 Å². The Kier molecular flexibility index (Phi) is 5.38. The molecule has 0 saturated heterocycles. The number of pyridine rings is 1. The first-order valence-electron chi connectivity index (χ1n) is 8.35. The molecule has 1 N–H and O–H groups in total. The predicted octanol–water partition coefficient (Wildman–Crippen LogP) is 3.20. The summed E-state index contributed by atoms with van der Waals surface area (Å²) in [7, 11) is -3.03. The highest BCUT2D eigenvalue weighted by Crippen LogP contribution is 2.45. The van der Waals surface area contributed by atoms with Gasteiger partial charge in [-0.1, -0.05) is 72.5 Å². The summed E-state index contributed by atoms with van der Waals surface area (Å²) >= 11 is 0. The fourth-order valence-corrected chi connectivity index (χ4v) is 5.70. The SMILES string of the molecule is C[C@](O)(C#Cc1cccnc1)CP(=O)(c1ccccc1)c1ccccc1. The molecule has 3 aromatic rings. The van der Waals surface area contributed by atoms with Gasteiger partial charge in [-0.15, -0.1) is 0 Å². The second-order valence-corrected chi connectivity index (χ2v) is 9.16. The second-order valence-electron chi connectivity index (χ2n) is 6.33. The number of aliphatic hydroxyl groups is 1. The Morgan fingerprint density at radius 1 is 0.962 bits per heavy atom. The summed E-state index contributed by atoms with van der Waals surface area (Å²) in [6.07, 6.45) is 3.35. The van der Waals surface area contributed by atoms with Crippen molar-refractivity contribution in [3.8, 4) is 11.8 Å². The summed E-state index contributed by atoms with van der Waals surface area (Å²) in [6.45, 7) is 1.61. The van der Waals surface area contributed by atoms with E-state index in [4.69, 9.17) is 0 Å². The number of hydrogen-bond acceptors (Lipinski definition) is 3. The lowest BCUT2D eigenvalue weighted by molar-refractivity contribution is 0.146. The molecule has 3 nitrogen and oxygen atoms in total. The summed E-state index contributed by atoms with van der Waals surface area (Å²) in [5.41, 5.74) is -0.695. The van der Waals surface area contributed by atoms with Crippen LogP contribution in [0.25, 0.3) is 0 Å². The van der Waals surface area contributed by atoms with E-state index in [2.05, 4.69) is 16.8 Å². The Labute approximate surface area is 154 Å². The lowest BCUT2D eigenvalue weighted by atomic mass is 10.1. The van der Waals surface area contributed by atoms with Crippen LogP contribution in [0.2, 0.25) is 0 Å². The molecule has 3 rings (SSSR count). The van der Waals surface area contributed by atoms with Crippen LogP contribution in [0.15, 0.2) is 85.2 Å². The smallest absolute Gasteiger partial charge is 0.147 e. The van der Waals surface area contributed by atoms with E-state index in [-0.39, 0.29) is 6.16 Å². The molecule has 1 aromatic heterocycles. The van der Waals surface area contributed by atoms with Gasteiger partial charge >= 0.3 is 0 Å². The minimum atomic E-state index is -3.03. The van der Waals surface area contributed by atoms with E-state index in [1.807, 2.05) is 66.7 Å². The van der Waals surface area contributed by atoms with Crippen LogP contribution >= 0.6 is 7.14 Å². The predicted molar refractivity (Wildman–Crippen MR) is 106 cm³/mol. The topological polar surface area (TPSA) is 50.2 Å². The van der Waals surface area contributed by atoms with E-state index < -0.39 is 12.7 Å². The average Bonchev–Trinajstić information content (AvgIpc) is 2.68. The van der Waals surface area contributed by atoms with Crippen molar-refractivity contribution in [2.45, 2.75) is 12.5 Å². The number of hydrogen-bond donors (Lipinski definition) is 1. The van der Waals surface area contributed by atoms with E-state index >= 15 is 0 Å². The zero-order valence-electron chi connectivity index (χ0n) is 14.5. The molecule has 0 spiro atoms. The van der Waals surface area contributed by atoms with Crippen LogP contribution in [-0.2, 0) is 4.57 Å². The average molecular weight is 361 g/mol. The minimum Gasteiger partial charge on any atom is -0.377 e. The van der Waals surface area contributed by atoms with Crippen LogP contribution in [0.5, 0.6) is 0 Å². The minimum absolute atomic E-state index is 0.0429. The Bertz CT molecular complexity index is 915. The molecule has 0 radical (unpaired) electrons. The molecule has 2 aromatic carbocycles. The maximum atomic E-state index is 14.0. The monoisotopic (exact) mass is 361 g/mol. The van der Waals surface area contributed by atoms with Crippen LogP contribution < -0.4 is 10.6 Å². The number of rotatable bonds is 4. The van der Waals surface area contributed by atoms with Crippen LogP contribution in [0.4, 0.5) is 0 Å². The van der Waals surface area contributed by atoms with E-state index in [1.54, 1.807) is 25.4 Å². The molecule has 0 aliphatic heterocycles. The van der Waals surface area contributed by atoms with E-state index in [1.165, 1.54) is 0 Å². The fraction of sp³-hybridized carbons (Fsp3) is 0.136. The molecule has 0 bridgehead atoms. The van der Waals surface area contributed by atoms with Gasteiger partial charge in [-0.2, -0.15) is 0 Å². The van der Waals surface area contributed by atoms with E-state index in [0.717, 1.165) is 10.6 Å². The molecule has 26 heavy (non-hydrogen) atoms. The normalized spacial score (nSPS) is 13.3.